The number of carbonyl (C=O) groups is 2. The zero-order valence-corrected chi connectivity index (χ0v) is 20.4. The molecule has 0 radical (unpaired) electrons. The monoisotopic (exact) mass is 420 g/mol. The van der Waals surface area contributed by atoms with E-state index in [1.165, 1.54) is 0 Å². The van der Waals surface area contributed by atoms with Crippen molar-refractivity contribution in [1.29, 1.82) is 0 Å². The zero-order chi connectivity index (χ0) is 22.2. The predicted octanol–water partition coefficient (Wildman–Crippen LogP) is 3.97. The van der Waals surface area contributed by atoms with Gasteiger partial charge >= 0.3 is 20.7 Å². The molecule has 0 amide bonds. The molecule has 0 heterocycles. The first-order chi connectivity index (χ1) is 12.7. The summed E-state index contributed by atoms with van der Waals surface area (Å²) in [5, 5.41) is 0. The van der Waals surface area contributed by atoms with Gasteiger partial charge in [0.2, 0.25) is 0 Å². The van der Waals surface area contributed by atoms with Crippen LogP contribution >= 0.6 is 0 Å². The van der Waals surface area contributed by atoms with Gasteiger partial charge in [-0.3, -0.25) is 9.59 Å². The molecule has 0 aromatic rings. The maximum atomic E-state index is 12.8. The predicted molar refractivity (Wildman–Crippen MR) is 110 cm³/mol. The van der Waals surface area contributed by atoms with Crippen molar-refractivity contribution in [2.24, 2.45) is 10.8 Å². The Labute approximate surface area is 171 Å². The van der Waals surface area contributed by atoms with Crippen molar-refractivity contribution < 1.29 is 32.3 Å². The van der Waals surface area contributed by atoms with E-state index in [0.717, 1.165) is 0 Å². The molecule has 0 bridgehead atoms. The van der Waals surface area contributed by atoms with E-state index < -0.39 is 25.2 Å². The molecule has 0 fully saturated rings. The Morgan fingerprint density at radius 3 is 1.75 bits per heavy atom. The lowest BCUT2D eigenvalue weighted by Crippen LogP contribution is -2.43. The second kappa shape index (κ2) is 10.7. The van der Waals surface area contributed by atoms with E-state index in [1.807, 2.05) is 34.6 Å². The Balaban J connectivity index is 4.89. The summed E-state index contributed by atoms with van der Waals surface area (Å²) >= 11 is 0. The van der Waals surface area contributed by atoms with Crippen LogP contribution in [0, 0.1) is 10.8 Å². The first-order valence-corrected chi connectivity index (χ1v) is 11.7. The molecule has 7 nitrogen and oxygen atoms in total. The van der Waals surface area contributed by atoms with E-state index in [-0.39, 0.29) is 18.5 Å². The topological polar surface area (TPSA) is 80.3 Å². The van der Waals surface area contributed by atoms with Crippen molar-refractivity contribution in [2.45, 2.75) is 79.4 Å². The molecule has 166 valence electrons. The molecule has 0 aliphatic rings. The van der Waals surface area contributed by atoms with Gasteiger partial charge < -0.3 is 22.8 Å². The summed E-state index contributed by atoms with van der Waals surface area (Å²) in [7, 11) is 1.99. The summed E-state index contributed by atoms with van der Waals surface area (Å²) in [4.78, 5) is 25.3. The van der Waals surface area contributed by atoms with Gasteiger partial charge in [0.1, 0.15) is 5.60 Å². The Morgan fingerprint density at radius 1 is 0.857 bits per heavy atom. The number of ether oxygens (including phenoxy) is 2. The van der Waals surface area contributed by atoms with Crippen LogP contribution < -0.4 is 0 Å². The molecule has 0 spiro atoms. The SMILES string of the molecule is CCC(C)(CC(C)(C)C(=O)OC(C)(C)C)C(=O)OCCC[Si](OC)(OC)OC. The molecule has 0 N–H and O–H groups in total. The Kier molecular flexibility index (Phi) is 10.3. The van der Waals surface area contributed by atoms with E-state index in [2.05, 4.69) is 0 Å². The lowest BCUT2D eigenvalue weighted by atomic mass is 9.72. The first-order valence-electron chi connectivity index (χ1n) is 9.77. The minimum Gasteiger partial charge on any atom is -0.465 e. The normalized spacial score (nSPS) is 15.1. The smallest absolute Gasteiger partial charge is 0.465 e. The lowest BCUT2D eigenvalue weighted by molar-refractivity contribution is -0.170. The average molecular weight is 421 g/mol. The Bertz CT molecular complexity index is 501. The number of hydrogen-bond acceptors (Lipinski definition) is 7. The highest BCUT2D eigenvalue weighted by Crippen LogP contribution is 2.39. The van der Waals surface area contributed by atoms with Crippen LogP contribution in [0.5, 0.6) is 0 Å². The van der Waals surface area contributed by atoms with Gasteiger partial charge in [0.25, 0.3) is 0 Å². The molecule has 0 rings (SSSR count). The molecule has 1 unspecified atom stereocenters. The third-order valence-corrected chi connectivity index (χ3v) is 7.68. The quantitative estimate of drug-likeness (QED) is 0.268. The minimum atomic E-state index is -2.67. The average Bonchev–Trinajstić information content (AvgIpc) is 2.60. The highest BCUT2D eigenvalue weighted by molar-refractivity contribution is 6.60. The van der Waals surface area contributed by atoms with Crippen molar-refractivity contribution >= 4 is 20.7 Å². The van der Waals surface area contributed by atoms with Crippen LogP contribution in [-0.4, -0.2) is 54.3 Å². The van der Waals surface area contributed by atoms with Gasteiger partial charge in [0.05, 0.1) is 17.4 Å². The fraction of sp³-hybridized carbons (Fsp3) is 0.900. The number of rotatable bonds is 12. The third-order valence-electron chi connectivity index (χ3n) is 4.85. The largest absolute Gasteiger partial charge is 0.500 e. The Morgan fingerprint density at radius 2 is 1.36 bits per heavy atom. The molecule has 0 aromatic heterocycles. The molecule has 0 aliphatic carbocycles. The summed E-state index contributed by atoms with van der Waals surface area (Å²) in [6.07, 6.45) is 1.48. The standard InChI is InChI=1S/C20H40O7Si/c1-11-20(7,15-19(5,6)16(21)27-18(2,3)4)17(22)26-13-12-14-28(23-8,24-9)25-10/h11-15H2,1-10H3. The summed E-state index contributed by atoms with van der Waals surface area (Å²) in [6, 6.07) is 0.552. The van der Waals surface area contributed by atoms with Gasteiger partial charge in [-0.2, -0.15) is 0 Å². The van der Waals surface area contributed by atoms with Crippen molar-refractivity contribution in [3.05, 3.63) is 0 Å². The van der Waals surface area contributed by atoms with Crippen LogP contribution in [0.2, 0.25) is 6.04 Å². The maximum absolute atomic E-state index is 12.8. The second-order valence-electron chi connectivity index (χ2n) is 9.01. The third kappa shape index (κ3) is 8.19. The second-order valence-corrected chi connectivity index (χ2v) is 12.1. The van der Waals surface area contributed by atoms with E-state index in [0.29, 0.717) is 25.3 Å². The summed E-state index contributed by atoms with van der Waals surface area (Å²) in [6.45, 7) is 13.1. The molecule has 0 aliphatic heterocycles. The van der Waals surface area contributed by atoms with Crippen LogP contribution in [0.15, 0.2) is 0 Å². The van der Waals surface area contributed by atoms with E-state index in [9.17, 15) is 9.59 Å². The molecule has 0 saturated carbocycles. The van der Waals surface area contributed by atoms with E-state index >= 15 is 0 Å². The molecular weight excluding hydrogens is 380 g/mol. The highest BCUT2D eigenvalue weighted by atomic mass is 28.4. The van der Waals surface area contributed by atoms with Gasteiger partial charge in [-0.25, -0.2) is 0 Å². The first kappa shape index (κ1) is 27.0. The minimum absolute atomic E-state index is 0.242. The van der Waals surface area contributed by atoms with Crippen LogP contribution in [-0.2, 0) is 32.3 Å². The molecular formula is C20H40O7Si. The van der Waals surface area contributed by atoms with Gasteiger partial charge in [-0.15, -0.1) is 0 Å². The number of carbonyl (C=O) groups excluding carboxylic acids is 2. The highest BCUT2D eigenvalue weighted by Gasteiger charge is 2.44. The summed E-state index contributed by atoms with van der Waals surface area (Å²) in [5.74, 6) is -0.630. The molecule has 1 atom stereocenters. The number of esters is 2. The maximum Gasteiger partial charge on any atom is 0.500 e. The van der Waals surface area contributed by atoms with Crippen molar-refractivity contribution in [1.82, 2.24) is 0 Å². The van der Waals surface area contributed by atoms with E-state index in [1.54, 1.807) is 35.2 Å². The lowest BCUT2D eigenvalue weighted by Gasteiger charge is -2.35. The molecule has 0 aromatic carbocycles. The van der Waals surface area contributed by atoms with Crippen LogP contribution in [0.4, 0.5) is 0 Å². The number of hydrogen-bond donors (Lipinski definition) is 0. The van der Waals surface area contributed by atoms with Crippen molar-refractivity contribution in [2.75, 3.05) is 27.9 Å². The van der Waals surface area contributed by atoms with E-state index in [4.69, 9.17) is 22.8 Å². The van der Waals surface area contributed by atoms with Gasteiger partial charge in [0.15, 0.2) is 0 Å². The van der Waals surface area contributed by atoms with Crippen LogP contribution in [0.3, 0.4) is 0 Å². The molecule has 0 saturated heterocycles. The van der Waals surface area contributed by atoms with Gasteiger partial charge in [0, 0.05) is 27.4 Å². The summed E-state index contributed by atoms with van der Waals surface area (Å²) < 4.78 is 27.1. The fourth-order valence-corrected chi connectivity index (χ4v) is 4.68. The zero-order valence-electron chi connectivity index (χ0n) is 19.4. The Hall–Kier alpha value is -0.963. The fourth-order valence-electron chi connectivity index (χ4n) is 2.99. The molecule has 28 heavy (non-hydrogen) atoms. The summed E-state index contributed by atoms with van der Waals surface area (Å²) in [5.41, 5.74) is -2.15. The van der Waals surface area contributed by atoms with Crippen LogP contribution in [0.1, 0.15) is 67.7 Å². The van der Waals surface area contributed by atoms with Crippen molar-refractivity contribution in [3.63, 3.8) is 0 Å². The molecule has 8 heteroatoms. The van der Waals surface area contributed by atoms with Gasteiger partial charge in [-0.05, 0) is 60.8 Å². The van der Waals surface area contributed by atoms with Crippen molar-refractivity contribution in [3.8, 4) is 0 Å². The van der Waals surface area contributed by atoms with Gasteiger partial charge in [-0.1, -0.05) is 6.92 Å². The van der Waals surface area contributed by atoms with Crippen LogP contribution in [0.25, 0.3) is 0 Å².